The van der Waals surface area contributed by atoms with Crippen molar-refractivity contribution in [2.45, 2.75) is 33.2 Å². The molecule has 10 nitrogen and oxygen atoms in total. The summed E-state index contributed by atoms with van der Waals surface area (Å²) in [7, 11) is 0. The summed E-state index contributed by atoms with van der Waals surface area (Å²) in [5, 5.41) is 4.89. The number of aromatic nitrogens is 2. The molecule has 0 fully saturated rings. The average Bonchev–Trinajstić information content (AvgIpc) is 3.49. The van der Waals surface area contributed by atoms with E-state index in [4.69, 9.17) is 4.98 Å². The van der Waals surface area contributed by atoms with Crippen LogP contribution in [0.5, 0.6) is 0 Å². The standard InChI is InChI=1S/C30H26N6O4/c1-16-12-17(2)26(18(3)13-16)23-14-24(33-32-23)27-31-22-11-7-6-10-21(22)30(40)36(27)34-25(37)15-35-28(38)19-8-4-5-9-20(19)29(35)39/h4-13,24,33H,14-15H2,1-3H3,(H,34,37). The van der Waals surface area contributed by atoms with Crippen LogP contribution in [0.15, 0.2) is 70.6 Å². The van der Waals surface area contributed by atoms with Crippen molar-refractivity contribution in [1.29, 1.82) is 0 Å². The highest BCUT2D eigenvalue weighted by atomic mass is 16.2. The lowest BCUT2D eigenvalue weighted by atomic mass is 9.93. The molecule has 0 saturated carbocycles. The minimum Gasteiger partial charge on any atom is -0.299 e. The first-order valence-corrected chi connectivity index (χ1v) is 12.9. The second-order valence-electron chi connectivity index (χ2n) is 10.1. The number of carbonyl (C=O) groups is 3. The fourth-order valence-corrected chi connectivity index (χ4v) is 5.56. The Morgan fingerprint density at radius 3 is 2.25 bits per heavy atom. The Morgan fingerprint density at radius 1 is 0.950 bits per heavy atom. The van der Waals surface area contributed by atoms with Crippen LogP contribution in [0.25, 0.3) is 10.9 Å². The summed E-state index contributed by atoms with van der Waals surface area (Å²) in [5.41, 5.74) is 11.4. The number of hydrogen-bond acceptors (Lipinski definition) is 7. The summed E-state index contributed by atoms with van der Waals surface area (Å²) in [4.78, 5) is 57.9. The molecule has 200 valence electrons. The number of hydrogen-bond donors (Lipinski definition) is 2. The van der Waals surface area contributed by atoms with Crippen LogP contribution in [0.1, 0.15) is 61.3 Å². The number of aryl methyl sites for hydroxylation is 3. The summed E-state index contributed by atoms with van der Waals surface area (Å²) in [6.45, 7) is 5.57. The van der Waals surface area contributed by atoms with Crippen LogP contribution in [0, 0.1) is 20.8 Å². The second kappa shape index (κ2) is 9.57. The summed E-state index contributed by atoms with van der Waals surface area (Å²) < 4.78 is 1.09. The molecule has 1 atom stereocenters. The summed E-state index contributed by atoms with van der Waals surface area (Å²) in [6.07, 6.45) is 0.434. The topological polar surface area (TPSA) is 126 Å². The highest BCUT2D eigenvalue weighted by Crippen LogP contribution is 2.28. The first-order chi connectivity index (χ1) is 19.2. The van der Waals surface area contributed by atoms with Crippen molar-refractivity contribution in [2.24, 2.45) is 5.10 Å². The molecule has 2 N–H and O–H groups in total. The Hall–Kier alpha value is -5.12. The largest absolute Gasteiger partial charge is 0.299 e. The molecule has 0 aliphatic carbocycles. The molecular formula is C30H26N6O4. The van der Waals surface area contributed by atoms with Gasteiger partial charge < -0.3 is 0 Å². The monoisotopic (exact) mass is 534 g/mol. The molecule has 0 radical (unpaired) electrons. The third-order valence-electron chi connectivity index (χ3n) is 7.25. The Bertz CT molecular complexity index is 1780. The lowest BCUT2D eigenvalue weighted by Gasteiger charge is -2.20. The van der Waals surface area contributed by atoms with Gasteiger partial charge in [0.2, 0.25) is 0 Å². The molecule has 2 aliphatic rings. The summed E-state index contributed by atoms with van der Waals surface area (Å²) in [5.74, 6) is -1.56. The normalized spacial score (nSPS) is 16.2. The van der Waals surface area contributed by atoms with Gasteiger partial charge >= 0.3 is 0 Å². The van der Waals surface area contributed by atoms with E-state index in [-0.39, 0.29) is 17.0 Å². The molecule has 0 spiro atoms. The Balaban J connectivity index is 1.32. The summed E-state index contributed by atoms with van der Waals surface area (Å²) in [6, 6.07) is 17.0. The van der Waals surface area contributed by atoms with E-state index >= 15 is 0 Å². The maximum Gasteiger partial charge on any atom is 0.280 e. The number of carbonyl (C=O) groups excluding carboxylic acids is 3. The van der Waals surface area contributed by atoms with Crippen molar-refractivity contribution in [3.05, 3.63) is 110 Å². The maximum atomic E-state index is 13.6. The third-order valence-corrected chi connectivity index (χ3v) is 7.25. The van der Waals surface area contributed by atoms with Crippen molar-refractivity contribution < 1.29 is 14.4 Å². The molecule has 2 aliphatic heterocycles. The van der Waals surface area contributed by atoms with Crippen LogP contribution in [-0.2, 0) is 4.79 Å². The lowest BCUT2D eigenvalue weighted by molar-refractivity contribution is -0.117. The van der Waals surface area contributed by atoms with Gasteiger partial charge in [-0.25, -0.2) is 9.66 Å². The number of benzene rings is 3. The van der Waals surface area contributed by atoms with Crippen LogP contribution in [0.4, 0.5) is 0 Å². The third kappa shape index (κ3) is 4.14. The van der Waals surface area contributed by atoms with E-state index in [0.717, 1.165) is 37.5 Å². The number of rotatable bonds is 5. The second-order valence-corrected chi connectivity index (χ2v) is 10.1. The van der Waals surface area contributed by atoms with E-state index in [0.29, 0.717) is 17.3 Å². The van der Waals surface area contributed by atoms with Gasteiger partial charge in [0.1, 0.15) is 12.6 Å². The van der Waals surface area contributed by atoms with Crippen LogP contribution in [-0.4, -0.2) is 44.5 Å². The first-order valence-electron chi connectivity index (χ1n) is 12.9. The molecule has 4 aromatic rings. The highest BCUT2D eigenvalue weighted by Gasteiger charge is 2.37. The predicted molar refractivity (Wildman–Crippen MR) is 150 cm³/mol. The van der Waals surface area contributed by atoms with Crippen LogP contribution >= 0.6 is 0 Å². The Morgan fingerprint density at radius 2 is 1.57 bits per heavy atom. The van der Waals surface area contributed by atoms with Gasteiger partial charge in [-0.3, -0.25) is 34.9 Å². The molecule has 10 heteroatoms. The minimum atomic E-state index is -0.709. The number of para-hydroxylation sites is 1. The molecule has 1 unspecified atom stereocenters. The zero-order valence-corrected chi connectivity index (χ0v) is 22.2. The maximum absolute atomic E-state index is 13.6. The van der Waals surface area contributed by atoms with Gasteiger partial charge in [-0.15, -0.1) is 0 Å². The number of imide groups is 1. The zero-order chi connectivity index (χ0) is 28.1. The van der Waals surface area contributed by atoms with Gasteiger partial charge in [0, 0.05) is 12.0 Å². The molecule has 1 aromatic heterocycles. The predicted octanol–water partition coefficient (Wildman–Crippen LogP) is 3.13. The zero-order valence-electron chi connectivity index (χ0n) is 22.2. The van der Waals surface area contributed by atoms with E-state index in [9.17, 15) is 19.2 Å². The van der Waals surface area contributed by atoms with E-state index < -0.39 is 35.9 Å². The SMILES string of the molecule is Cc1cc(C)c(C2=NNC(c3nc4ccccc4c(=O)n3NC(=O)CN3C(=O)c4ccccc4C3=O)C2)c(C)c1. The van der Waals surface area contributed by atoms with Crippen molar-refractivity contribution in [1.82, 2.24) is 20.0 Å². The van der Waals surface area contributed by atoms with E-state index in [1.165, 1.54) is 0 Å². The number of hydrazone groups is 1. The number of amides is 3. The van der Waals surface area contributed by atoms with Gasteiger partial charge in [0.05, 0.1) is 27.7 Å². The number of fused-ring (bicyclic) bond motifs is 2. The molecule has 6 rings (SSSR count). The van der Waals surface area contributed by atoms with E-state index in [2.05, 4.69) is 28.1 Å². The smallest absolute Gasteiger partial charge is 0.280 e. The van der Waals surface area contributed by atoms with Crippen molar-refractivity contribution in [3.63, 3.8) is 0 Å². The summed E-state index contributed by atoms with van der Waals surface area (Å²) >= 11 is 0. The lowest BCUT2D eigenvalue weighted by Crippen LogP contribution is -2.44. The fourth-order valence-electron chi connectivity index (χ4n) is 5.56. The molecule has 3 aromatic carbocycles. The van der Waals surface area contributed by atoms with Crippen molar-refractivity contribution in [3.8, 4) is 0 Å². The van der Waals surface area contributed by atoms with Crippen LogP contribution in [0.3, 0.4) is 0 Å². The van der Waals surface area contributed by atoms with Gasteiger partial charge in [-0.2, -0.15) is 5.10 Å². The van der Waals surface area contributed by atoms with E-state index in [1.807, 2.05) is 20.8 Å². The van der Waals surface area contributed by atoms with Crippen molar-refractivity contribution >= 4 is 34.3 Å². The van der Waals surface area contributed by atoms with E-state index in [1.54, 1.807) is 48.5 Å². The van der Waals surface area contributed by atoms with Gasteiger partial charge in [-0.1, -0.05) is 42.0 Å². The van der Waals surface area contributed by atoms with Gasteiger partial charge in [0.25, 0.3) is 23.3 Å². The molecule has 3 heterocycles. The average molecular weight is 535 g/mol. The number of nitrogens with one attached hydrogen (secondary N) is 2. The minimum absolute atomic E-state index is 0.243. The van der Waals surface area contributed by atoms with Gasteiger partial charge in [-0.05, 0) is 56.2 Å². The molecule has 0 bridgehead atoms. The molecular weight excluding hydrogens is 508 g/mol. The molecule has 0 saturated heterocycles. The van der Waals surface area contributed by atoms with Crippen LogP contribution in [0.2, 0.25) is 0 Å². The first kappa shape index (κ1) is 25.2. The Kier molecular flexibility index (Phi) is 6.02. The van der Waals surface area contributed by atoms with Gasteiger partial charge in [0.15, 0.2) is 5.82 Å². The molecule has 3 amide bonds. The fraction of sp³-hybridized carbons (Fsp3) is 0.200. The Labute approximate surface area is 229 Å². The molecule has 40 heavy (non-hydrogen) atoms. The van der Waals surface area contributed by atoms with Crippen molar-refractivity contribution in [2.75, 3.05) is 12.0 Å². The quantitative estimate of drug-likeness (QED) is 0.379. The highest BCUT2D eigenvalue weighted by molar-refractivity contribution is 6.22. The number of nitrogens with zero attached hydrogens (tertiary/aromatic N) is 4. The van der Waals surface area contributed by atoms with Crippen LogP contribution < -0.4 is 16.4 Å².